The standard InChI is InChI=1S/C16H14N2O/c1-9-4-5-14-11(6-9)12-7-13-16(19-10(2)17-13)8-15(12)18(14)3/h4-8H,1-3H3. The summed E-state index contributed by atoms with van der Waals surface area (Å²) in [6.45, 7) is 4.00. The van der Waals surface area contributed by atoms with Gasteiger partial charge in [-0.3, -0.25) is 0 Å². The minimum atomic E-state index is 0.714. The fourth-order valence-corrected chi connectivity index (χ4v) is 2.86. The van der Waals surface area contributed by atoms with Gasteiger partial charge < -0.3 is 8.98 Å². The Labute approximate surface area is 110 Å². The summed E-state index contributed by atoms with van der Waals surface area (Å²) in [6.07, 6.45) is 0. The molecule has 0 fully saturated rings. The summed E-state index contributed by atoms with van der Waals surface area (Å²) in [7, 11) is 2.09. The zero-order chi connectivity index (χ0) is 13.1. The van der Waals surface area contributed by atoms with Gasteiger partial charge in [-0.2, -0.15) is 0 Å². The first-order valence-electron chi connectivity index (χ1n) is 6.39. The molecule has 19 heavy (non-hydrogen) atoms. The van der Waals surface area contributed by atoms with Crippen molar-refractivity contribution in [3.8, 4) is 0 Å². The van der Waals surface area contributed by atoms with Crippen molar-refractivity contribution in [2.45, 2.75) is 13.8 Å². The Hall–Kier alpha value is -2.29. The maximum atomic E-state index is 5.63. The number of oxazole rings is 1. The number of rotatable bonds is 0. The molecule has 0 aliphatic rings. The second kappa shape index (κ2) is 3.38. The van der Waals surface area contributed by atoms with Crippen LogP contribution in [0.5, 0.6) is 0 Å². The Balaban J connectivity index is 2.28. The van der Waals surface area contributed by atoms with Crippen LogP contribution in [0.3, 0.4) is 0 Å². The normalized spacial score (nSPS) is 11.9. The molecular formula is C16H14N2O. The number of hydrogen-bond donors (Lipinski definition) is 0. The third-order valence-corrected chi connectivity index (χ3v) is 3.78. The number of hydrogen-bond acceptors (Lipinski definition) is 2. The highest BCUT2D eigenvalue weighted by molar-refractivity contribution is 6.11. The van der Waals surface area contributed by atoms with Crippen LogP contribution in [-0.2, 0) is 7.05 Å². The van der Waals surface area contributed by atoms with E-state index in [1.807, 2.05) is 6.92 Å². The van der Waals surface area contributed by atoms with E-state index in [9.17, 15) is 0 Å². The minimum absolute atomic E-state index is 0.714. The van der Waals surface area contributed by atoms with Crippen molar-refractivity contribution in [2.75, 3.05) is 0 Å². The van der Waals surface area contributed by atoms with E-state index in [-0.39, 0.29) is 0 Å². The largest absolute Gasteiger partial charge is 0.441 e. The predicted octanol–water partition coefficient (Wildman–Crippen LogP) is 4.09. The van der Waals surface area contributed by atoms with E-state index in [1.165, 1.54) is 27.4 Å². The lowest BCUT2D eigenvalue weighted by atomic mass is 10.1. The molecule has 4 aromatic rings. The van der Waals surface area contributed by atoms with Gasteiger partial charge in [0.1, 0.15) is 5.52 Å². The quantitative estimate of drug-likeness (QED) is 0.470. The van der Waals surface area contributed by atoms with E-state index < -0.39 is 0 Å². The summed E-state index contributed by atoms with van der Waals surface area (Å²) < 4.78 is 7.84. The Morgan fingerprint density at radius 2 is 1.79 bits per heavy atom. The molecule has 94 valence electrons. The molecule has 0 saturated heterocycles. The fourth-order valence-electron chi connectivity index (χ4n) is 2.86. The van der Waals surface area contributed by atoms with E-state index in [0.717, 1.165) is 11.1 Å². The van der Waals surface area contributed by atoms with Crippen LogP contribution < -0.4 is 0 Å². The minimum Gasteiger partial charge on any atom is -0.441 e. The molecule has 3 heteroatoms. The maximum absolute atomic E-state index is 5.63. The van der Waals surface area contributed by atoms with Crippen molar-refractivity contribution in [2.24, 2.45) is 7.05 Å². The van der Waals surface area contributed by atoms with Gasteiger partial charge in [0.2, 0.25) is 0 Å². The molecule has 3 nitrogen and oxygen atoms in total. The third kappa shape index (κ3) is 1.35. The van der Waals surface area contributed by atoms with Gasteiger partial charge in [-0.05, 0) is 25.1 Å². The Morgan fingerprint density at radius 1 is 1.00 bits per heavy atom. The third-order valence-electron chi connectivity index (χ3n) is 3.78. The van der Waals surface area contributed by atoms with Crippen molar-refractivity contribution < 1.29 is 4.42 Å². The average Bonchev–Trinajstić information content (AvgIpc) is 2.86. The lowest BCUT2D eigenvalue weighted by molar-refractivity contribution is 0.561. The predicted molar refractivity (Wildman–Crippen MR) is 77.5 cm³/mol. The lowest BCUT2D eigenvalue weighted by Crippen LogP contribution is -1.86. The number of aromatic nitrogens is 2. The van der Waals surface area contributed by atoms with E-state index >= 15 is 0 Å². The molecule has 0 saturated carbocycles. The first-order valence-corrected chi connectivity index (χ1v) is 6.39. The molecule has 0 N–H and O–H groups in total. The summed E-state index contributed by atoms with van der Waals surface area (Å²) in [4.78, 5) is 4.43. The fraction of sp³-hybridized carbons (Fsp3) is 0.188. The van der Waals surface area contributed by atoms with Crippen LogP contribution in [0.2, 0.25) is 0 Å². The van der Waals surface area contributed by atoms with Crippen LogP contribution in [0.1, 0.15) is 11.5 Å². The van der Waals surface area contributed by atoms with Crippen molar-refractivity contribution >= 4 is 32.9 Å². The number of fused-ring (bicyclic) bond motifs is 4. The molecular weight excluding hydrogens is 236 g/mol. The van der Waals surface area contributed by atoms with Crippen LogP contribution in [0.15, 0.2) is 34.7 Å². The summed E-state index contributed by atoms with van der Waals surface area (Å²) in [5.74, 6) is 0.714. The zero-order valence-corrected chi connectivity index (χ0v) is 11.2. The van der Waals surface area contributed by atoms with Crippen LogP contribution in [0.25, 0.3) is 32.9 Å². The van der Waals surface area contributed by atoms with Gasteiger partial charge in [-0.1, -0.05) is 11.6 Å². The van der Waals surface area contributed by atoms with Gasteiger partial charge in [0.15, 0.2) is 11.5 Å². The van der Waals surface area contributed by atoms with E-state index in [2.05, 4.69) is 53.9 Å². The zero-order valence-electron chi connectivity index (χ0n) is 11.2. The van der Waals surface area contributed by atoms with Crippen molar-refractivity contribution in [1.82, 2.24) is 9.55 Å². The Bertz CT molecular complexity index is 944. The van der Waals surface area contributed by atoms with E-state index in [4.69, 9.17) is 4.42 Å². The second-order valence-electron chi connectivity index (χ2n) is 5.15. The summed E-state index contributed by atoms with van der Waals surface area (Å²) >= 11 is 0. The van der Waals surface area contributed by atoms with Crippen LogP contribution in [0, 0.1) is 13.8 Å². The molecule has 0 bridgehead atoms. The van der Waals surface area contributed by atoms with Gasteiger partial charge in [0.25, 0.3) is 0 Å². The summed E-state index contributed by atoms with van der Waals surface area (Å²) in [5, 5.41) is 2.52. The number of benzene rings is 2. The average molecular weight is 250 g/mol. The van der Waals surface area contributed by atoms with Crippen molar-refractivity contribution in [3.05, 3.63) is 41.8 Å². The molecule has 0 aliphatic carbocycles. The van der Waals surface area contributed by atoms with E-state index in [0.29, 0.717) is 5.89 Å². The molecule has 0 radical (unpaired) electrons. The lowest BCUT2D eigenvalue weighted by Gasteiger charge is -1.97. The van der Waals surface area contributed by atoms with Crippen molar-refractivity contribution in [3.63, 3.8) is 0 Å². The van der Waals surface area contributed by atoms with Crippen LogP contribution >= 0.6 is 0 Å². The Morgan fingerprint density at radius 3 is 2.63 bits per heavy atom. The first-order chi connectivity index (χ1) is 9.13. The SMILES string of the molecule is Cc1ccc2c(c1)c1cc3nc(C)oc3cc1n2C. The van der Waals surface area contributed by atoms with Crippen molar-refractivity contribution in [1.29, 1.82) is 0 Å². The number of aryl methyl sites for hydroxylation is 3. The van der Waals surface area contributed by atoms with Gasteiger partial charge in [0, 0.05) is 36.3 Å². The molecule has 0 atom stereocenters. The summed E-state index contributed by atoms with van der Waals surface area (Å²) in [5.41, 5.74) is 5.48. The Kier molecular flexibility index (Phi) is 1.89. The first kappa shape index (κ1) is 10.6. The van der Waals surface area contributed by atoms with Gasteiger partial charge in [-0.15, -0.1) is 0 Å². The molecule has 0 spiro atoms. The van der Waals surface area contributed by atoms with Gasteiger partial charge in [0.05, 0.1) is 5.52 Å². The highest BCUT2D eigenvalue weighted by atomic mass is 16.3. The molecule has 4 rings (SSSR count). The van der Waals surface area contributed by atoms with E-state index in [1.54, 1.807) is 0 Å². The highest BCUT2D eigenvalue weighted by Crippen LogP contribution is 2.32. The van der Waals surface area contributed by atoms with Crippen LogP contribution in [-0.4, -0.2) is 9.55 Å². The maximum Gasteiger partial charge on any atom is 0.192 e. The molecule has 0 unspecified atom stereocenters. The monoisotopic (exact) mass is 250 g/mol. The smallest absolute Gasteiger partial charge is 0.192 e. The molecule has 2 aromatic carbocycles. The molecule has 0 aliphatic heterocycles. The molecule has 0 amide bonds. The second-order valence-corrected chi connectivity index (χ2v) is 5.15. The molecule has 2 heterocycles. The molecule has 2 aromatic heterocycles. The van der Waals surface area contributed by atoms with Gasteiger partial charge >= 0.3 is 0 Å². The number of nitrogens with zero attached hydrogens (tertiary/aromatic N) is 2. The highest BCUT2D eigenvalue weighted by Gasteiger charge is 2.12. The topological polar surface area (TPSA) is 31.0 Å². The van der Waals surface area contributed by atoms with Gasteiger partial charge in [-0.25, -0.2) is 4.98 Å². The summed E-state index contributed by atoms with van der Waals surface area (Å²) in [6, 6.07) is 10.8. The van der Waals surface area contributed by atoms with Crippen LogP contribution in [0.4, 0.5) is 0 Å².